The van der Waals surface area contributed by atoms with Gasteiger partial charge in [-0.2, -0.15) is 0 Å². The molecule has 5 rings (SSSR count). The SMILES string of the molecule is CO[C@@H]1C=C[C@@]23c4cc5c(cc4C[N+]([O-])(CCC(C)C)[C@@H]2C(=O)N(C)[C@H]3C1)OCO5. The summed E-state index contributed by atoms with van der Waals surface area (Å²) < 4.78 is 16.3. The molecule has 4 aliphatic rings. The number of rotatable bonds is 4. The van der Waals surface area contributed by atoms with E-state index in [4.69, 9.17) is 14.2 Å². The van der Waals surface area contributed by atoms with Crippen LogP contribution < -0.4 is 9.47 Å². The van der Waals surface area contributed by atoms with E-state index in [0.29, 0.717) is 30.4 Å². The van der Waals surface area contributed by atoms with Gasteiger partial charge in [-0.1, -0.05) is 26.0 Å². The fourth-order valence-corrected chi connectivity index (χ4v) is 5.94. The smallest absolute Gasteiger partial charge is 0.282 e. The van der Waals surface area contributed by atoms with Crippen LogP contribution in [0.5, 0.6) is 11.5 Å². The number of likely N-dealkylation sites (N-methyl/N-ethyl adjacent to an activating group) is 1. The minimum atomic E-state index is -0.687. The van der Waals surface area contributed by atoms with E-state index in [1.165, 1.54) is 0 Å². The number of hydrogen-bond acceptors (Lipinski definition) is 5. The molecule has 1 unspecified atom stereocenters. The fourth-order valence-electron chi connectivity index (χ4n) is 5.94. The predicted octanol–water partition coefficient (Wildman–Crippen LogP) is 2.71. The van der Waals surface area contributed by atoms with Crippen molar-refractivity contribution in [1.29, 1.82) is 0 Å². The van der Waals surface area contributed by atoms with Crippen LogP contribution in [0.15, 0.2) is 24.3 Å². The van der Waals surface area contributed by atoms with Gasteiger partial charge in [0.05, 0.1) is 24.1 Å². The summed E-state index contributed by atoms with van der Waals surface area (Å²) in [6.45, 7) is 5.12. The van der Waals surface area contributed by atoms with Crippen LogP contribution in [0, 0.1) is 11.1 Å². The molecule has 3 heterocycles. The number of carbonyl (C=O) groups excluding carboxylic acids is 1. The van der Waals surface area contributed by atoms with Crippen LogP contribution in [-0.4, -0.2) is 61.1 Å². The van der Waals surface area contributed by atoms with Gasteiger partial charge in [0.15, 0.2) is 17.5 Å². The zero-order chi connectivity index (χ0) is 21.3. The minimum Gasteiger partial charge on any atom is -0.632 e. The molecule has 7 heteroatoms. The fraction of sp³-hybridized carbons (Fsp3) is 0.609. The molecule has 162 valence electrons. The Kier molecular flexibility index (Phi) is 4.44. The maximum atomic E-state index is 14.4. The normalized spacial score (nSPS) is 36.1. The molecule has 0 bridgehead atoms. The Labute approximate surface area is 177 Å². The third-order valence-corrected chi connectivity index (χ3v) is 7.46. The highest BCUT2D eigenvalue weighted by Gasteiger charge is 2.67. The van der Waals surface area contributed by atoms with Gasteiger partial charge in [0.25, 0.3) is 5.91 Å². The van der Waals surface area contributed by atoms with E-state index in [0.717, 1.165) is 17.5 Å². The van der Waals surface area contributed by atoms with E-state index >= 15 is 0 Å². The Morgan fingerprint density at radius 2 is 2.07 bits per heavy atom. The van der Waals surface area contributed by atoms with Crippen LogP contribution >= 0.6 is 0 Å². The van der Waals surface area contributed by atoms with Crippen molar-refractivity contribution in [3.8, 4) is 11.5 Å². The van der Waals surface area contributed by atoms with Gasteiger partial charge in [0.2, 0.25) is 6.79 Å². The first-order valence-corrected chi connectivity index (χ1v) is 10.8. The highest BCUT2D eigenvalue weighted by Crippen LogP contribution is 2.56. The summed E-state index contributed by atoms with van der Waals surface area (Å²) >= 11 is 0. The third-order valence-electron chi connectivity index (χ3n) is 7.46. The Morgan fingerprint density at radius 3 is 2.77 bits per heavy atom. The number of hydroxylamine groups is 3. The number of likely N-dealkylation sites (tertiary alicyclic amines) is 1. The number of fused-ring (bicyclic) bond motifs is 2. The van der Waals surface area contributed by atoms with Crippen LogP contribution in [-0.2, 0) is 21.5 Å². The summed E-state index contributed by atoms with van der Waals surface area (Å²) in [7, 11) is 3.52. The van der Waals surface area contributed by atoms with E-state index in [1.807, 2.05) is 25.3 Å². The van der Waals surface area contributed by atoms with Crippen molar-refractivity contribution in [3.05, 3.63) is 40.6 Å². The van der Waals surface area contributed by atoms with Crippen molar-refractivity contribution in [2.75, 3.05) is 27.5 Å². The maximum Gasteiger partial charge on any atom is 0.282 e. The summed E-state index contributed by atoms with van der Waals surface area (Å²) in [4.78, 5) is 15.4. The zero-order valence-corrected chi connectivity index (χ0v) is 18.1. The largest absolute Gasteiger partial charge is 0.632 e. The lowest BCUT2D eigenvalue weighted by Crippen LogP contribution is -2.65. The summed E-state index contributed by atoms with van der Waals surface area (Å²) in [5, 5.41) is 14.4. The molecule has 1 aromatic rings. The van der Waals surface area contributed by atoms with Crippen molar-refractivity contribution < 1.29 is 23.7 Å². The second kappa shape index (κ2) is 6.70. The topological polar surface area (TPSA) is 71.1 Å². The van der Waals surface area contributed by atoms with Gasteiger partial charge >= 0.3 is 0 Å². The second-order valence-electron chi connectivity index (χ2n) is 9.55. The van der Waals surface area contributed by atoms with E-state index in [-0.39, 0.29) is 31.4 Å². The summed E-state index contributed by atoms with van der Waals surface area (Å²) in [5.41, 5.74) is 1.30. The van der Waals surface area contributed by atoms with E-state index in [9.17, 15) is 10.0 Å². The Bertz CT molecular complexity index is 915. The average molecular weight is 415 g/mol. The van der Waals surface area contributed by atoms with Gasteiger partial charge in [0.1, 0.15) is 6.54 Å². The third kappa shape index (κ3) is 2.58. The molecule has 1 amide bonds. The van der Waals surface area contributed by atoms with Crippen molar-refractivity contribution in [2.45, 2.75) is 56.8 Å². The zero-order valence-electron chi connectivity index (χ0n) is 18.1. The van der Waals surface area contributed by atoms with Gasteiger partial charge in [-0.15, -0.1) is 0 Å². The first-order valence-electron chi connectivity index (χ1n) is 10.8. The number of hydrogen-bond donors (Lipinski definition) is 0. The lowest BCUT2D eigenvalue weighted by Gasteiger charge is -2.56. The monoisotopic (exact) mass is 414 g/mol. The summed E-state index contributed by atoms with van der Waals surface area (Å²) in [6.07, 6.45) is 5.49. The number of quaternary nitrogens is 1. The molecule has 30 heavy (non-hydrogen) atoms. The quantitative estimate of drug-likeness (QED) is 0.430. The van der Waals surface area contributed by atoms with E-state index < -0.39 is 16.1 Å². The van der Waals surface area contributed by atoms with Crippen molar-refractivity contribution in [3.63, 3.8) is 0 Å². The first kappa shape index (κ1) is 19.8. The van der Waals surface area contributed by atoms with Crippen LogP contribution in [0.3, 0.4) is 0 Å². The van der Waals surface area contributed by atoms with Gasteiger partial charge in [0, 0.05) is 19.7 Å². The molecular weight excluding hydrogens is 384 g/mol. The molecule has 0 N–H and O–H groups in total. The number of amides is 1. The highest BCUT2D eigenvalue weighted by molar-refractivity contribution is 5.88. The highest BCUT2D eigenvalue weighted by atomic mass is 16.7. The van der Waals surface area contributed by atoms with E-state index in [2.05, 4.69) is 19.9 Å². The van der Waals surface area contributed by atoms with E-state index in [1.54, 1.807) is 12.0 Å². The summed E-state index contributed by atoms with van der Waals surface area (Å²) in [6, 6.07) is 3.15. The molecule has 5 atom stereocenters. The molecule has 1 aromatic carbocycles. The Balaban J connectivity index is 1.73. The predicted molar refractivity (Wildman–Crippen MR) is 111 cm³/mol. The standard InChI is InChI=1S/C23H30N2O5/c1-14(2)6-8-25(27)12-15-9-18-19(30-13-29-18)11-17(15)23-7-5-16(28-4)10-20(23)24(3)22(26)21(23)25/h5,7,9,11,14,16,20-21H,6,8,10,12-13H2,1-4H3/t16-,20+,21-,23+,25?/m1/s1. The molecule has 7 nitrogen and oxygen atoms in total. The maximum absolute atomic E-state index is 14.4. The van der Waals surface area contributed by atoms with Crippen molar-refractivity contribution >= 4 is 5.91 Å². The number of ether oxygens (including phenoxy) is 3. The number of methoxy groups -OCH3 is 1. The van der Waals surface area contributed by atoms with Crippen LogP contribution in [0.1, 0.15) is 37.8 Å². The van der Waals surface area contributed by atoms with Gasteiger partial charge < -0.3 is 29.0 Å². The van der Waals surface area contributed by atoms with Crippen molar-refractivity contribution in [1.82, 2.24) is 4.90 Å². The van der Waals surface area contributed by atoms with Crippen LogP contribution in [0.4, 0.5) is 0 Å². The van der Waals surface area contributed by atoms with Gasteiger partial charge in [-0.25, -0.2) is 0 Å². The Morgan fingerprint density at radius 1 is 1.33 bits per heavy atom. The molecule has 1 fully saturated rings. The second-order valence-corrected chi connectivity index (χ2v) is 9.55. The molecule has 1 spiro atoms. The lowest BCUT2D eigenvalue weighted by molar-refractivity contribution is -0.915. The molecule has 1 aliphatic carbocycles. The molecular formula is C23H30N2O5. The number of benzene rings is 1. The van der Waals surface area contributed by atoms with Crippen LogP contribution in [0.25, 0.3) is 0 Å². The summed E-state index contributed by atoms with van der Waals surface area (Å²) in [5.74, 6) is 1.71. The first-order chi connectivity index (χ1) is 14.3. The van der Waals surface area contributed by atoms with Crippen molar-refractivity contribution in [2.24, 2.45) is 5.92 Å². The molecule has 3 aliphatic heterocycles. The van der Waals surface area contributed by atoms with Crippen LogP contribution in [0.2, 0.25) is 0 Å². The molecule has 1 saturated heterocycles. The molecule has 0 saturated carbocycles. The molecule has 0 radical (unpaired) electrons. The lowest BCUT2D eigenvalue weighted by atomic mass is 9.63. The molecule has 0 aromatic heterocycles. The number of carbonyl (C=O) groups is 1. The van der Waals surface area contributed by atoms with Gasteiger partial charge in [-0.3, -0.25) is 4.79 Å². The average Bonchev–Trinajstić information content (AvgIpc) is 3.26. The number of nitrogens with zero attached hydrogens (tertiary/aromatic N) is 2. The minimum absolute atomic E-state index is 0.0662. The van der Waals surface area contributed by atoms with Gasteiger partial charge in [-0.05, 0) is 36.5 Å². The Hall–Kier alpha value is -2.09.